The Morgan fingerprint density at radius 1 is 1.23 bits per heavy atom. The molecule has 3 aromatic rings. The number of amides is 2. The van der Waals surface area contributed by atoms with E-state index in [4.69, 9.17) is 21.5 Å². The highest BCUT2D eigenvalue weighted by Gasteiger charge is 2.39. The minimum absolute atomic E-state index is 0.106. The lowest BCUT2D eigenvalue weighted by Crippen LogP contribution is -2.46. The van der Waals surface area contributed by atoms with Crippen LogP contribution in [0.25, 0.3) is 10.9 Å². The summed E-state index contributed by atoms with van der Waals surface area (Å²) in [5, 5.41) is 7.90. The normalized spacial score (nSPS) is 17.4. The summed E-state index contributed by atoms with van der Waals surface area (Å²) in [5.74, 6) is -2.85. The van der Waals surface area contributed by atoms with Crippen molar-refractivity contribution in [3.63, 3.8) is 0 Å². The first-order valence-electron chi connectivity index (χ1n) is 11.7. The molecule has 10 nitrogen and oxygen atoms in total. The smallest absolute Gasteiger partial charge is 0.244 e. The summed E-state index contributed by atoms with van der Waals surface area (Å²) in [5.41, 5.74) is 0.826. The van der Waals surface area contributed by atoms with Gasteiger partial charge in [-0.3, -0.25) is 14.4 Å². The molecule has 2 heterocycles. The standard InChI is InChI=1S/C25H25ClF2N4O6S/c1-14(33)19-11-31(21-8-17(5-6-18(19)21)38-13-39(29,36)37)12-23(34)32-10-16(27)7-22(32)25(35)30-9-15-3-2-4-20(26)24(15)28/h2-6,8,11,16,22H,7,9-10,12-13H2,1H3,(H,30,35)(H2,29,36,37). The van der Waals surface area contributed by atoms with Crippen LogP contribution in [0.4, 0.5) is 8.78 Å². The highest BCUT2D eigenvalue weighted by molar-refractivity contribution is 7.88. The first-order chi connectivity index (χ1) is 18.3. The Kier molecular flexibility index (Phi) is 8.23. The fourth-order valence-electron chi connectivity index (χ4n) is 4.45. The molecule has 1 aliphatic heterocycles. The SMILES string of the molecule is CC(=O)c1cn(CC(=O)N2CC(F)CC2C(=O)NCc2cccc(Cl)c2F)c2cc(OCS(N)(=O)=O)ccc12. The lowest BCUT2D eigenvalue weighted by Gasteiger charge is -2.24. The molecular weight excluding hydrogens is 558 g/mol. The molecule has 2 amide bonds. The lowest BCUT2D eigenvalue weighted by atomic mass is 10.1. The van der Waals surface area contributed by atoms with Gasteiger partial charge in [0.15, 0.2) is 5.78 Å². The van der Waals surface area contributed by atoms with Gasteiger partial charge in [0.2, 0.25) is 27.8 Å². The fraction of sp³-hybridized carbons (Fsp3) is 0.320. The highest BCUT2D eigenvalue weighted by Crippen LogP contribution is 2.28. The molecule has 1 fully saturated rings. The largest absolute Gasteiger partial charge is 0.476 e. The molecule has 3 N–H and O–H groups in total. The molecule has 14 heteroatoms. The van der Waals surface area contributed by atoms with Gasteiger partial charge < -0.3 is 19.5 Å². The molecule has 2 unspecified atom stereocenters. The van der Waals surface area contributed by atoms with Crippen molar-refractivity contribution in [1.82, 2.24) is 14.8 Å². The quantitative estimate of drug-likeness (QED) is 0.372. The fourth-order valence-corrected chi connectivity index (χ4v) is 4.95. The number of halogens is 3. The Labute approximate surface area is 227 Å². The maximum atomic E-state index is 14.4. The first kappa shape index (κ1) is 28.5. The summed E-state index contributed by atoms with van der Waals surface area (Å²) in [4.78, 5) is 39.5. The van der Waals surface area contributed by atoms with Crippen LogP contribution in [0, 0.1) is 5.82 Å². The van der Waals surface area contributed by atoms with E-state index in [1.165, 1.54) is 48.0 Å². The minimum atomic E-state index is -3.92. The van der Waals surface area contributed by atoms with Crippen molar-refractivity contribution < 1.29 is 36.3 Å². The zero-order chi connectivity index (χ0) is 28.5. The number of hydrogen-bond acceptors (Lipinski definition) is 6. The van der Waals surface area contributed by atoms with Crippen molar-refractivity contribution in [2.75, 3.05) is 12.5 Å². The Morgan fingerprint density at radius 2 is 1.97 bits per heavy atom. The molecule has 208 valence electrons. The number of ketones is 1. The van der Waals surface area contributed by atoms with E-state index in [2.05, 4.69) is 5.32 Å². The summed E-state index contributed by atoms with van der Waals surface area (Å²) >= 11 is 5.77. The number of benzene rings is 2. The number of nitrogens with zero attached hydrogens (tertiary/aromatic N) is 2. The second-order valence-corrected chi connectivity index (χ2v) is 11.1. The summed E-state index contributed by atoms with van der Waals surface area (Å²) < 4.78 is 57.7. The number of ether oxygens (including phenoxy) is 1. The van der Waals surface area contributed by atoms with E-state index in [0.29, 0.717) is 16.5 Å². The van der Waals surface area contributed by atoms with Crippen LogP contribution in [0.2, 0.25) is 5.02 Å². The number of Topliss-reactive ketones (excluding diaryl/α,β-unsaturated/α-hetero) is 1. The summed E-state index contributed by atoms with van der Waals surface area (Å²) in [7, 11) is -3.92. The number of nitrogens with two attached hydrogens (primary N) is 1. The zero-order valence-electron chi connectivity index (χ0n) is 20.7. The van der Waals surface area contributed by atoms with Gasteiger partial charge in [0.05, 0.1) is 17.1 Å². The molecule has 0 aliphatic carbocycles. The van der Waals surface area contributed by atoms with Crippen LogP contribution in [-0.2, 0) is 32.7 Å². The van der Waals surface area contributed by atoms with Gasteiger partial charge in [-0.25, -0.2) is 22.3 Å². The summed E-state index contributed by atoms with van der Waals surface area (Å²) in [6, 6.07) is 7.67. The van der Waals surface area contributed by atoms with Crippen molar-refractivity contribution in [1.29, 1.82) is 0 Å². The number of primary sulfonamides is 1. The van der Waals surface area contributed by atoms with E-state index in [-0.39, 0.29) is 48.2 Å². The molecule has 1 aromatic heterocycles. The van der Waals surface area contributed by atoms with Gasteiger partial charge in [-0.05, 0) is 25.1 Å². The van der Waals surface area contributed by atoms with Crippen molar-refractivity contribution in [3.05, 3.63) is 64.6 Å². The molecule has 0 saturated carbocycles. The van der Waals surface area contributed by atoms with Crippen LogP contribution >= 0.6 is 11.6 Å². The third kappa shape index (κ3) is 6.54. The Morgan fingerprint density at radius 3 is 2.67 bits per heavy atom. The molecule has 1 saturated heterocycles. The number of sulfonamides is 1. The van der Waals surface area contributed by atoms with Crippen LogP contribution in [-0.4, -0.2) is 60.2 Å². The van der Waals surface area contributed by atoms with Gasteiger partial charge in [-0.15, -0.1) is 0 Å². The Balaban J connectivity index is 1.54. The average Bonchev–Trinajstić information content (AvgIpc) is 3.43. The molecule has 4 rings (SSSR count). The van der Waals surface area contributed by atoms with Gasteiger partial charge in [0, 0.05) is 41.7 Å². The molecule has 0 spiro atoms. The molecule has 39 heavy (non-hydrogen) atoms. The molecule has 2 aromatic carbocycles. The number of nitrogens with one attached hydrogen (secondary N) is 1. The minimum Gasteiger partial charge on any atom is -0.476 e. The van der Waals surface area contributed by atoms with Crippen LogP contribution in [0.1, 0.15) is 29.3 Å². The van der Waals surface area contributed by atoms with Crippen LogP contribution in [0.5, 0.6) is 5.75 Å². The summed E-state index contributed by atoms with van der Waals surface area (Å²) in [6.45, 7) is 0.488. The van der Waals surface area contributed by atoms with E-state index in [1.807, 2.05) is 0 Å². The predicted octanol–water partition coefficient (Wildman–Crippen LogP) is 2.52. The van der Waals surface area contributed by atoms with E-state index < -0.39 is 45.8 Å². The summed E-state index contributed by atoms with van der Waals surface area (Å²) in [6.07, 6.45) is -0.222. The zero-order valence-corrected chi connectivity index (χ0v) is 22.3. The number of likely N-dealkylation sites (tertiary alicyclic amines) is 1. The Bertz CT molecular complexity index is 1560. The van der Waals surface area contributed by atoms with Crippen molar-refractivity contribution in [2.24, 2.45) is 5.14 Å². The van der Waals surface area contributed by atoms with Gasteiger partial charge in [-0.1, -0.05) is 23.7 Å². The third-order valence-corrected chi connectivity index (χ3v) is 7.02. The highest BCUT2D eigenvalue weighted by atomic mass is 35.5. The predicted molar refractivity (Wildman–Crippen MR) is 139 cm³/mol. The number of fused-ring (bicyclic) bond motifs is 1. The van der Waals surface area contributed by atoms with E-state index in [1.54, 1.807) is 6.07 Å². The van der Waals surface area contributed by atoms with Crippen molar-refractivity contribution >= 4 is 50.1 Å². The average molecular weight is 583 g/mol. The maximum Gasteiger partial charge on any atom is 0.244 e. The van der Waals surface area contributed by atoms with E-state index >= 15 is 0 Å². The van der Waals surface area contributed by atoms with Gasteiger partial charge in [0.1, 0.15) is 30.3 Å². The first-order valence-corrected chi connectivity index (χ1v) is 13.8. The molecule has 0 bridgehead atoms. The number of aromatic nitrogens is 1. The third-order valence-electron chi connectivity index (χ3n) is 6.29. The van der Waals surface area contributed by atoms with Crippen LogP contribution in [0.15, 0.2) is 42.6 Å². The molecular formula is C25H25ClF2N4O6S. The lowest BCUT2D eigenvalue weighted by molar-refractivity contribution is -0.139. The molecule has 0 radical (unpaired) electrons. The number of carbonyl (C=O) groups excluding carboxylic acids is 3. The van der Waals surface area contributed by atoms with E-state index in [9.17, 15) is 31.6 Å². The number of rotatable bonds is 9. The molecule has 1 aliphatic rings. The monoisotopic (exact) mass is 582 g/mol. The topological polar surface area (TPSA) is 141 Å². The number of carbonyl (C=O) groups is 3. The van der Waals surface area contributed by atoms with Crippen LogP contribution in [0.3, 0.4) is 0 Å². The number of alkyl halides is 1. The van der Waals surface area contributed by atoms with Gasteiger partial charge >= 0.3 is 0 Å². The van der Waals surface area contributed by atoms with Crippen molar-refractivity contribution in [2.45, 2.75) is 38.6 Å². The van der Waals surface area contributed by atoms with E-state index in [0.717, 1.165) is 4.90 Å². The van der Waals surface area contributed by atoms with Crippen molar-refractivity contribution in [3.8, 4) is 5.75 Å². The van der Waals surface area contributed by atoms with Crippen LogP contribution < -0.4 is 15.2 Å². The van der Waals surface area contributed by atoms with Gasteiger partial charge in [0.25, 0.3) is 0 Å². The molecule has 2 atom stereocenters. The Hall–Kier alpha value is -3.55. The maximum absolute atomic E-state index is 14.4. The van der Waals surface area contributed by atoms with Gasteiger partial charge in [-0.2, -0.15) is 0 Å². The second kappa shape index (κ2) is 11.3. The second-order valence-electron chi connectivity index (χ2n) is 9.16. The number of hydrogen-bond donors (Lipinski definition) is 2.